The van der Waals surface area contributed by atoms with Gasteiger partial charge in [-0.05, 0) is 66.6 Å². The van der Waals surface area contributed by atoms with Crippen molar-refractivity contribution in [3.05, 3.63) is 65.0 Å². The number of anilines is 1. The third-order valence-electron chi connectivity index (χ3n) is 5.50. The molecule has 0 spiro atoms. The summed E-state index contributed by atoms with van der Waals surface area (Å²) in [5, 5.41) is 9.08. The summed E-state index contributed by atoms with van der Waals surface area (Å²) < 4.78 is 14.1. The minimum Gasteiger partial charge on any atom is -0.478 e. The maximum absolute atomic E-state index is 14.1. The molecule has 6 heteroatoms. The van der Waals surface area contributed by atoms with Gasteiger partial charge in [-0.2, -0.15) is 0 Å². The van der Waals surface area contributed by atoms with Crippen LogP contribution < -0.4 is 10.6 Å². The number of primary amides is 1. The zero-order valence-corrected chi connectivity index (χ0v) is 15.9. The Morgan fingerprint density at radius 2 is 1.71 bits per heavy atom. The van der Waals surface area contributed by atoms with Crippen LogP contribution in [0.25, 0.3) is 0 Å². The molecule has 2 aromatic carbocycles. The number of carbonyl (C=O) groups is 2. The van der Waals surface area contributed by atoms with Crippen LogP contribution in [-0.4, -0.2) is 30.1 Å². The summed E-state index contributed by atoms with van der Waals surface area (Å²) >= 11 is 0. The molecule has 2 aromatic rings. The zero-order chi connectivity index (χ0) is 20.3. The van der Waals surface area contributed by atoms with Crippen LogP contribution in [0, 0.1) is 5.82 Å². The standard InChI is InChI=1S/C22H25FN2O3/c1-14(20(21(24)26)15-5-7-16(8-6-15)22(27)28)18-13-17(23)9-10-19(18)25-11-3-2-4-12-25/h5-10,13-14,20H,2-4,11-12H2,1H3,(H2,24,26)(H,27,28). The highest BCUT2D eigenvalue weighted by molar-refractivity contribution is 5.88. The van der Waals surface area contributed by atoms with Gasteiger partial charge in [0.2, 0.25) is 5.91 Å². The topological polar surface area (TPSA) is 83.6 Å². The lowest BCUT2D eigenvalue weighted by Crippen LogP contribution is -2.32. The molecule has 0 bridgehead atoms. The first-order valence-electron chi connectivity index (χ1n) is 9.55. The summed E-state index contributed by atoms with van der Waals surface area (Å²) in [4.78, 5) is 25.6. The maximum atomic E-state index is 14.1. The van der Waals surface area contributed by atoms with E-state index in [1.165, 1.54) is 30.7 Å². The normalized spacial score (nSPS) is 16.4. The third-order valence-corrected chi connectivity index (χ3v) is 5.50. The molecule has 148 valence electrons. The smallest absolute Gasteiger partial charge is 0.335 e. The molecule has 1 saturated heterocycles. The molecule has 0 aromatic heterocycles. The predicted octanol–water partition coefficient (Wildman–Crippen LogP) is 3.89. The molecule has 5 nitrogen and oxygen atoms in total. The van der Waals surface area contributed by atoms with Crippen molar-refractivity contribution in [1.29, 1.82) is 0 Å². The van der Waals surface area contributed by atoms with Gasteiger partial charge in [-0.3, -0.25) is 4.79 Å². The summed E-state index contributed by atoms with van der Waals surface area (Å²) in [5.74, 6) is -2.96. The van der Waals surface area contributed by atoms with Crippen LogP contribution in [0.15, 0.2) is 42.5 Å². The molecule has 3 N–H and O–H groups in total. The Hall–Kier alpha value is -2.89. The van der Waals surface area contributed by atoms with Gasteiger partial charge in [0.25, 0.3) is 0 Å². The van der Waals surface area contributed by atoms with Crippen LogP contribution in [0.5, 0.6) is 0 Å². The van der Waals surface area contributed by atoms with Crippen molar-refractivity contribution in [3.63, 3.8) is 0 Å². The minimum absolute atomic E-state index is 0.138. The molecular weight excluding hydrogens is 359 g/mol. The number of piperidine rings is 1. The van der Waals surface area contributed by atoms with Gasteiger partial charge in [-0.15, -0.1) is 0 Å². The lowest BCUT2D eigenvalue weighted by molar-refractivity contribution is -0.119. The van der Waals surface area contributed by atoms with Gasteiger partial charge in [0, 0.05) is 18.8 Å². The molecule has 3 rings (SSSR count). The van der Waals surface area contributed by atoms with E-state index in [9.17, 15) is 14.0 Å². The number of hydrogen-bond acceptors (Lipinski definition) is 3. The third kappa shape index (κ3) is 4.16. The van der Waals surface area contributed by atoms with Crippen LogP contribution >= 0.6 is 0 Å². The molecule has 2 unspecified atom stereocenters. The summed E-state index contributed by atoms with van der Waals surface area (Å²) in [6.07, 6.45) is 3.35. The number of halogens is 1. The summed E-state index contributed by atoms with van der Waals surface area (Å²) in [5.41, 5.74) is 8.15. The van der Waals surface area contributed by atoms with Crippen LogP contribution in [0.4, 0.5) is 10.1 Å². The number of nitrogens with zero attached hydrogens (tertiary/aromatic N) is 1. The second-order valence-corrected chi connectivity index (χ2v) is 7.35. The second kappa shape index (κ2) is 8.42. The molecule has 2 atom stereocenters. The van der Waals surface area contributed by atoms with Crippen molar-refractivity contribution in [2.75, 3.05) is 18.0 Å². The van der Waals surface area contributed by atoms with E-state index in [-0.39, 0.29) is 17.3 Å². The molecule has 1 heterocycles. The van der Waals surface area contributed by atoms with E-state index >= 15 is 0 Å². The fraction of sp³-hybridized carbons (Fsp3) is 0.364. The van der Waals surface area contributed by atoms with Crippen molar-refractivity contribution in [3.8, 4) is 0 Å². The van der Waals surface area contributed by atoms with E-state index in [2.05, 4.69) is 4.90 Å². The molecule has 1 aliphatic heterocycles. The van der Waals surface area contributed by atoms with Gasteiger partial charge in [0.15, 0.2) is 0 Å². The largest absolute Gasteiger partial charge is 0.478 e. The average molecular weight is 384 g/mol. The van der Waals surface area contributed by atoms with Gasteiger partial charge < -0.3 is 15.7 Å². The molecule has 28 heavy (non-hydrogen) atoms. The average Bonchev–Trinajstić information content (AvgIpc) is 2.68. The van der Waals surface area contributed by atoms with Crippen molar-refractivity contribution in [1.82, 2.24) is 0 Å². The fourth-order valence-electron chi connectivity index (χ4n) is 4.02. The number of carbonyl (C=O) groups excluding carboxylic acids is 1. The first-order chi connectivity index (χ1) is 13.4. The molecule has 0 saturated carbocycles. The van der Waals surface area contributed by atoms with Gasteiger partial charge >= 0.3 is 5.97 Å². The van der Waals surface area contributed by atoms with Crippen molar-refractivity contribution in [2.24, 2.45) is 5.73 Å². The SMILES string of the molecule is CC(c1cc(F)ccc1N1CCCCC1)C(C(N)=O)c1ccc(C(=O)O)cc1. The van der Waals surface area contributed by atoms with Gasteiger partial charge in [-0.1, -0.05) is 19.1 Å². The second-order valence-electron chi connectivity index (χ2n) is 7.35. The minimum atomic E-state index is -1.03. The highest BCUT2D eigenvalue weighted by Gasteiger charge is 2.29. The van der Waals surface area contributed by atoms with Crippen molar-refractivity contribution < 1.29 is 19.1 Å². The molecule has 0 aliphatic carbocycles. The monoisotopic (exact) mass is 384 g/mol. The van der Waals surface area contributed by atoms with E-state index in [4.69, 9.17) is 10.8 Å². The first kappa shape index (κ1) is 19.9. The molecule has 0 radical (unpaired) electrons. The molecule has 1 amide bonds. The Labute approximate surface area is 164 Å². The summed E-state index contributed by atoms with van der Waals surface area (Å²) in [7, 11) is 0. The van der Waals surface area contributed by atoms with Crippen molar-refractivity contribution >= 4 is 17.6 Å². The summed E-state index contributed by atoms with van der Waals surface area (Å²) in [6, 6.07) is 10.8. The zero-order valence-electron chi connectivity index (χ0n) is 15.9. The molecule has 1 aliphatic rings. The van der Waals surface area contributed by atoms with Crippen molar-refractivity contribution in [2.45, 2.75) is 38.0 Å². The lowest BCUT2D eigenvalue weighted by Gasteiger charge is -2.33. The van der Waals surface area contributed by atoms with E-state index in [0.29, 0.717) is 5.56 Å². The Balaban J connectivity index is 1.99. The van der Waals surface area contributed by atoms with E-state index < -0.39 is 17.8 Å². The van der Waals surface area contributed by atoms with E-state index in [1.807, 2.05) is 6.92 Å². The Morgan fingerprint density at radius 1 is 1.07 bits per heavy atom. The number of carboxylic acids is 1. The molecule has 1 fully saturated rings. The fourth-order valence-corrected chi connectivity index (χ4v) is 4.02. The number of nitrogens with two attached hydrogens (primary N) is 1. The highest BCUT2D eigenvalue weighted by Crippen LogP contribution is 2.38. The highest BCUT2D eigenvalue weighted by atomic mass is 19.1. The number of benzene rings is 2. The van der Waals surface area contributed by atoms with Gasteiger partial charge in [0.1, 0.15) is 5.82 Å². The van der Waals surface area contributed by atoms with Crippen LogP contribution in [0.3, 0.4) is 0 Å². The number of amides is 1. The summed E-state index contributed by atoms with van der Waals surface area (Å²) in [6.45, 7) is 3.67. The molecular formula is C22H25FN2O3. The number of carboxylic acid groups (broad SMARTS) is 1. The van der Waals surface area contributed by atoms with Crippen LogP contribution in [0.2, 0.25) is 0 Å². The predicted molar refractivity (Wildman–Crippen MR) is 106 cm³/mol. The van der Waals surface area contributed by atoms with E-state index in [0.717, 1.165) is 37.2 Å². The maximum Gasteiger partial charge on any atom is 0.335 e. The Bertz CT molecular complexity index is 861. The van der Waals surface area contributed by atoms with Gasteiger partial charge in [0.05, 0.1) is 11.5 Å². The first-order valence-corrected chi connectivity index (χ1v) is 9.55. The lowest BCUT2D eigenvalue weighted by atomic mass is 9.81. The Morgan fingerprint density at radius 3 is 2.29 bits per heavy atom. The quantitative estimate of drug-likeness (QED) is 0.791. The Kier molecular flexibility index (Phi) is 5.97. The number of aromatic carboxylic acids is 1. The number of hydrogen-bond donors (Lipinski definition) is 2. The van der Waals surface area contributed by atoms with Crippen LogP contribution in [0.1, 0.15) is 59.5 Å². The van der Waals surface area contributed by atoms with Crippen LogP contribution in [-0.2, 0) is 4.79 Å². The van der Waals surface area contributed by atoms with Gasteiger partial charge in [-0.25, -0.2) is 9.18 Å². The van der Waals surface area contributed by atoms with E-state index in [1.54, 1.807) is 18.2 Å². The number of rotatable bonds is 6.